The van der Waals surface area contributed by atoms with Crippen molar-refractivity contribution in [3.63, 3.8) is 0 Å². The Hall–Kier alpha value is -2.54. The van der Waals surface area contributed by atoms with Crippen molar-refractivity contribution in [2.75, 3.05) is 13.1 Å². The minimum Gasteiger partial charge on any atom is -0.372 e. The highest BCUT2D eigenvalue weighted by molar-refractivity contribution is 5.76. The molecule has 0 radical (unpaired) electrons. The Morgan fingerprint density at radius 1 is 1.41 bits per heavy atom. The number of aromatic amines is 1. The first-order valence-electron chi connectivity index (χ1n) is 9.37. The Bertz CT molecular complexity index is 809. The van der Waals surface area contributed by atoms with E-state index in [4.69, 9.17) is 4.74 Å². The van der Waals surface area contributed by atoms with Gasteiger partial charge >= 0.3 is 5.69 Å². The van der Waals surface area contributed by atoms with Gasteiger partial charge in [-0.1, -0.05) is 6.07 Å². The molecular weight excluding hydrogens is 344 g/mol. The van der Waals surface area contributed by atoms with E-state index < -0.39 is 0 Å². The van der Waals surface area contributed by atoms with Gasteiger partial charge < -0.3 is 14.6 Å². The summed E-state index contributed by atoms with van der Waals surface area (Å²) in [5.41, 5.74) is 3.13. The number of pyridine rings is 1. The number of ether oxygens (including phenoxy) is 1. The zero-order valence-corrected chi connectivity index (χ0v) is 15.9. The molecule has 3 rings (SSSR count). The lowest BCUT2D eigenvalue weighted by atomic mass is 10.0. The third kappa shape index (κ3) is 5.23. The monoisotopic (exact) mass is 370 g/mol. The first-order chi connectivity index (χ1) is 13.0. The van der Waals surface area contributed by atoms with Crippen LogP contribution in [-0.4, -0.2) is 45.0 Å². The molecule has 0 aromatic carbocycles. The van der Waals surface area contributed by atoms with Gasteiger partial charge in [-0.2, -0.15) is 4.98 Å². The van der Waals surface area contributed by atoms with Crippen LogP contribution in [0.3, 0.4) is 0 Å². The molecule has 1 fully saturated rings. The summed E-state index contributed by atoms with van der Waals surface area (Å²) < 4.78 is 5.98. The number of nitrogens with zero attached hydrogens (tertiary/aromatic N) is 3. The lowest BCUT2D eigenvalue weighted by Crippen LogP contribution is -2.43. The summed E-state index contributed by atoms with van der Waals surface area (Å²) in [5.74, 6) is 0.120. The first-order valence-corrected chi connectivity index (χ1v) is 9.37. The second-order valence-electron chi connectivity index (χ2n) is 7.01. The molecule has 0 bridgehead atoms. The molecule has 1 unspecified atom stereocenters. The summed E-state index contributed by atoms with van der Waals surface area (Å²) in [5, 5.41) is 0. The van der Waals surface area contributed by atoms with Crippen LogP contribution >= 0.6 is 0 Å². The lowest BCUT2D eigenvalue weighted by molar-refractivity contribution is -0.135. The number of amides is 1. The molecule has 0 aliphatic carbocycles. The average molecular weight is 370 g/mol. The molecule has 0 saturated carbocycles. The van der Waals surface area contributed by atoms with E-state index in [1.165, 1.54) is 0 Å². The van der Waals surface area contributed by atoms with E-state index in [-0.39, 0.29) is 17.7 Å². The molecule has 2 aromatic rings. The molecule has 1 amide bonds. The number of aromatic nitrogens is 3. The number of carbonyl (C=O) groups excluding carboxylic acids is 1. The van der Waals surface area contributed by atoms with Crippen LogP contribution in [-0.2, 0) is 22.6 Å². The highest BCUT2D eigenvalue weighted by atomic mass is 16.5. The van der Waals surface area contributed by atoms with E-state index in [1.54, 1.807) is 12.4 Å². The van der Waals surface area contributed by atoms with Gasteiger partial charge in [-0.3, -0.25) is 9.78 Å². The summed E-state index contributed by atoms with van der Waals surface area (Å²) in [6.07, 6.45) is 6.50. The molecule has 3 heterocycles. The molecule has 7 nitrogen and oxygen atoms in total. The number of likely N-dealkylation sites (tertiary alicyclic amines) is 1. The summed E-state index contributed by atoms with van der Waals surface area (Å²) in [6.45, 7) is 5.57. The van der Waals surface area contributed by atoms with Crippen LogP contribution in [0.4, 0.5) is 0 Å². The topological polar surface area (TPSA) is 88.2 Å². The Kier molecular flexibility index (Phi) is 6.34. The second-order valence-corrected chi connectivity index (χ2v) is 7.01. The van der Waals surface area contributed by atoms with Crippen LogP contribution in [0.2, 0.25) is 0 Å². The minimum absolute atomic E-state index is 0.0566. The molecule has 0 spiro atoms. The maximum Gasteiger partial charge on any atom is 0.345 e. The van der Waals surface area contributed by atoms with E-state index in [0.717, 1.165) is 36.2 Å². The van der Waals surface area contributed by atoms with E-state index in [2.05, 4.69) is 15.0 Å². The van der Waals surface area contributed by atoms with Gasteiger partial charge in [-0.25, -0.2) is 4.79 Å². The van der Waals surface area contributed by atoms with Gasteiger partial charge in [-0.05, 0) is 50.3 Å². The molecule has 1 saturated heterocycles. The van der Waals surface area contributed by atoms with Crippen molar-refractivity contribution in [3.8, 4) is 0 Å². The third-order valence-electron chi connectivity index (χ3n) is 4.98. The van der Waals surface area contributed by atoms with Crippen LogP contribution in [0.15, 0.2) is 29.3 Å². The van der Waals surface area contributed by atoms with E-state index in [1.807, 2.05) is 30.9 Å². The number of rotatable bonds is 6. The number of hydrogen-bond acceptors (Lipinski definition) is 5. The third-order valence-corrected chi connectivity index (χ3v) is 4.98. The van der Waals surface area contributed by atoms with Gasteiger partial charge in [-0.15, -0.1) is 0 Å². The molecule has 1 N–H and O–H groups in total. The Balaban J connectivity index is 1.52. The van der Waals surface area contributed by atoms with Crippen LogP contribution < -0.4 is 5.69 Å². The summed E-state index contributed by atoms with van der Waals surface area (Å²) in [4.78, 5) is 36.7. The van der Waals surface area contributed by atoms with Crippen molar-refractivity contribution in [2.24, 2.45) is 0 Å². The maximum absolute atomic E-state index is 12.6. The summed E-state index contributed by atoms with van der Waals surface area (Å²) >= 11 is 0. The van der Waals surface area contributed by atoms with Gasteiger partial charge in [0, 0.05) is 43.3 Å². The molecule has 144 valence electrons. The van der Waals surface area contributed by atoms with Gasteiger partial charge in [0.25, 0.3) is 0 Å². The van der Waals surface area contributed by atoms with E-state index >= 15 is 0 Å². The largest absolute Gasteiger partial charge is 0.372 e. The van der Waals surface area contributed by atoms with Crippen molar-refractivity contribution in [1.29, 1.82) is 0 Å². The Labute approximate surface area is 158 Å². The zero-order chi connectivity index (χ0) is 19.2. The van der Waals surface area contributed by atoms with Crippen molar-refractivity contribution in [1.82, 2.24) is 19.9 Å². The normalized spacial score (nSPS) is 17.1. The Morgan fingerprint density at radius 2 is 2.26 bits per heavy atom. The smallest absolute Gasteiger partial charge is 0.345 e. The zero-order valence-electron chi connectivity index (χ0n) is 15.9. The van der Waals surface area contributed by atoms with Gasteiger partial charge in [0.15, 0.2) is 0 Å². The Morgan fingerprint density at radius 3 is 3.00 bits per heavy atom. The minimum atomic E-state index is -0.343. The highest BCUT2D eigenvalue weighted by Gasteiger charge is 2.24. The number of nitrogens with one attached hydrogen (secondary N) is 1. The number of H-pyrrole nitrogens is 1. The number of hydrogen-bond donors (Lipinski definition) is 1. The molecule has 27 heavy (non-hydrogen) atoms. The molecule has 1 aliphatic rings. The summed E-state index contributed by atoms with van der Waals surface area (Å²) in [7, 11) is 0. The van der Waals surface area contributed by atoms with Crippen molar-refractivity contribution >= 4 is 5.91 Å². The number of aryl methyl sites for hydroxylation is 2. The number of carbonyl (C=O) groups is 1. The molecule has 7 heteroatoms. The molecule has 1 atom stereocenters. The van der Waals surface area contributed by atoms with Crippen molar-refractivity contribution < 1.29 is 9.53 Å². The van der Waals surface area contributed by atoms with Gasteiger partial charge in [0.05, 0.1) is 12.7 Å². The second kappa shape index (κ2) is 8.90. The van der Waals surface area contributed by atoms with E-state index in [9.17, 15) is 9.59 Å². The fraction of sp³-hybridized carbons (Fsp3) is 0.500. The first kappa shape index (κ1) is 19.2. The lowest BCUT2D eigenvalue weighted by Gasteiger charge is -2.33. The predicted molar refractivity (Wildman–Crippen MR) is 101 cm³/mol. The fourth-order valence-corrected chi connectivity index (χ4v) is 3.51. The van der Waals surface area contributed by atoms with Crippen molar-refractivity contribution in [2.45, 2.75) is 52.2 Å². The standard InChI is InChI=1S/C20H26N4O3/c1-14-18(15(2)23-20(26)22-14)7-8-19(25)24-10-4-6-17(12-24)27-13-16-5-3-9-21-11-16/h3,5,9,11,17H,4,6-8,10,12-13H2,1-2H3,(H,22,23,26). The van der Waals surface area contributed by atoms with Crippen LogP contribution in [0, 0.1) is 13.8 Å². The quantitative estimate of drug-likeness (QED) is 0.839. The maximum atomic E-state index is 12.6. The molecule has 2 aromatic heterocycles. The number of piperidine rings is 1. The van der Waals surface area contributed by atoms with Crippen LogP contribution in [0.25, 0.3) is 0 Å². The molecular formula is C20H26N4O3. The SMILES string of the molecule is Cc1nc(=O)[nH]c(C)c1CCC(=O)N1CCCC(OCc2cccnc2)C1. The predicted octanol–water partition coefficient (Wildman–Crippen LogP) is 1.92. The summed E-state index contributed by atoms with van der Waals surface area (Å²) in [6, 6.07) is 3.88. The van der Waals surface area contributed by atoms with Crippen LogP contribution in [0.5, 0.6) is 0 Å². The highest BCUT2D eigenvalue weighted by Crippen LogP contribution is 2.17. The van der Waals surface area contributed by atoms with Gasteiger partial charge in [0.2, 0.25) is 5.91 Å². The fourth-order valence-electron chi connectivity index (χ4n) is 3.51. The molecule has 1 aliphatic heterocycles. The average Bonchev–Trinajstić information content (AvgIpc) is 2.66. The van der Waals surface area contributed by atoms with Crippen LogP contribution in [0.1, 0.15) is 41.8 Å². The van der Waals surface area contributed by atoms with E-state index in [0.29, 0.717) is 31.7 Å². The van der Waals surface area contributed by atoms with Gasteiger partial charge in [0.1, 0.15) is 0 Å². The van der Waals surface area contributed by atoms with Crippen molar-refractivity contribution in [3.05, 3.63) is 57.5 Å².